The zero-order chi connectivity index (χ0) is 24.2. The molecule has 0 saturated heterocycles. The van der Waals surface area contributed by atoms with Crippen molar-refractivity contribution in [2.24, 2.45) is 0 Å². The molecule has 0 radical (unpaired) electrons. The maximum absolute atomic E-state index is 7.62. The average Bonchev–Trinajstić information content (AvgIpc) is 3.28. The summed E-state index contributed by atoms with van der Waals surface area (Å²) in [4.78, 5) is 0. The number of halogens is 2. The summed E-state index contributed by atoms with van der Waals surface area (Å²) in [5, 5.41) is 4.71. The van der Waals surface area contributed by atoms with Crippen LogP contribution in [0.4, 0.5) is 0 Å². The van der Waals surface area contributed by atoms with Crippen LogP contribution in [0.5, 0.6) is 0 Å². The Kier molecular flexibility index (Phi) is 8.24. The van der Waals surface area contributed by atoms with E-state index in [4.69, 9.17) is 20.0 Å². The molecule has 0 nitrogen and oxygen atoms in total. The average molecular weight is 597 g/mol. The molecule has 0 aliphatic heterocycles. The standard InChI is InChI=1S/C28H44Cl2Ge2/c1-11-21-17(7)23-19(9)26-24(20(10)25(23)27(21)31(29,13-3)14-4)18(8)22(12-2)28(26)32(30,15-5)16-6/h27-28H,11-16H2,1-10H3. The predicted octanol–water partition coefficient (Wildman–Crippen LogP) is 10.4. The predicted molar refractivity (Wildman–Crippen MR) is 152 cm³/mol. The van der Waals surface area contributed by atoms with Crippen molar-refractivity contribution in [3.05, 3.63) is 44.5 Å². The van der Waals surface area contributed by atoms with Gasteiger partial charge in [-0.2, -0.15) is 0 Å². The summed E-state index contributed by atoms with van der Waals surface area (Å²) in [5.41, 5.74) is 15.8. The van der Waals surface area contributed by atoms with Crippen LogP contribution in [0.1, 0.15) is 111 Å². The fourth-order valence-electron chi connectivity index (χ4n) is 7.24. The Bertz CT molecular complexity index is 898. The topological polar surface area (TPSA) is 0 Å². The van der Waals surface area contributed by atoms with E-state index in [1.807, 2.05) is 0 Å². The zero-order valence-electron chi connectivity index (χ0n) is 22.2. The monoisotopic (exact) mass is 598 g/mol. The molecule has 0 heterocycles. The fourth-order valence-corrected chi connectivity index (χ4v) is 23.3. The molecular weight excluding hydrogens is 552 g/mol. The number of fused-ring (bicyclic) bond motifs is 2. The van der Waals surface area contributed by atoms with Crippen LogP contribution in [0.25, 0.3) is 11.1 Å². The summed E-state index contributed by atoms with van der Waals surface area (Å²) >= 11 is -5.14. The van der Waals surface area contributed by atoms with Crippen molar-refractivity contribution in [3.8, 4) is 0 Å². The Morgan fingerprint density at radius 1 is 0.562 bits per heavy atom. The third-order valence-electron chi connectivity index (χ3n) is 9.23. The number of rotatable bonds is 8. The van der Waals surface area contributed by atoms with Gasteiger partial charge in [0.05, 0.1) is 0 Å². The second kappa shape index (κ2) is 9.79. The van der Waals surface area contributed by atoms with Gasteiger partial charge in [0.15, 0.2) is 0 Å². The molecule has 2 atom stereocenters. The Morgan fingerprint density at radius 2 is 0.844 bits per heavy atom. The van der Waals surface area contributed by atoms with Gasteiger partial charge in [0, 0.05) is 0 Å². The Morgan fingerprint density at radius 3 is 1.06 bits per heavy atom. The molecule has 32 heavy (non-hydrogen) atoms. The van der Waals surface area contributed by atoms with E-state index in [1.54, 1.807) is 33.4 Å². The van der Waals surface area contributed by atoms with Gasteiger partial charge in [-0.15, -0.1) is 0 Å². The third-order valence-corrected chi connectivity index (χ3v) is 33.9. The Balaban J connectivity index is 2.45. The molecule has 0 saturated carbocycles. The molecule has 3 rings (SSSR count). The van der Waals surface area contributed by atoms with E-state index < -0.39 is 24.7 Å². The van der Waals surface area contributed by atoms with E-state index in [2.05, 4.69) is 69.2 Å². The van der Waals surface area contributed by atoms with E-state index >= 15 is 0 Å². The normalized spacial score (nSPS) is 21.0. The van der Waals surface area contributed by atoms with Gasteiger partial charge in [0.2, 0.25) is 0 Å². The van der Waals surface area contributed by atoms with Gasteiger partial charge in [-0.25, -0.2) is 0 Å². The van der Waals surface area contributed by atoms with Crippen molar-refractivity contribution in [1.29, 1.82) is 0 Å². The summed E-state index contributed by atoms with van der Waals surface area (Å²) in [6, 6.07) is 0. The van der Waals surface area contributed by atoms with Crippen molar-refractivity contribution >= 4 is 55.8 Å². The quantitative estimate of drug-likeness (QED) is 0.262. The molecule has 0 spiro atoms. The van der Waals surface area contributed by atoms with Crippen LogP contribution in [0.2, 0.25) is 21.0 Å². The van der Waals surface area contributed by atoms with E-state index in [1.165, 1.54) is 43.3 Å². The second-order valence-corrected chi connectivity index (χ2v) is 35.0. The van der Waals surface area contributed by atoms with Gasteiger partial charge in [0.1, 0.15) is 0 Å². The molecule has 0 fully saturated rings. The Hall–Kier alpha value is 0.366. The summed E-state index contributed by atoms with van der Waals surface area (Å²) in [5.74, 6) is 0. The number of allylic oxidation sites excluding steroid dienone is 4. The minimum absolute atomic E-state index is 0.507. The molecule has 1 aromatic carbocycles. The van der Waals surface area contributed by atoms with Gasteiger partial charge in [-0.05, 0) is 0 Å². The minimum atomic E-state index is -2.57. The van der Waals surface area contributed by atoms with Gasteiger partial charge in [-0.3, -0.25) is 0 Å². The van der Waals surface area contributed by atoms with E-state index in [-0.39, 0.29) is 0 Å². The van der Waals surface area contributed by atoms with Crippen LogP contribution in [-0.2, 0) is 0 Å². The maximum atomic E-state index is 7.62. The third kappa shape index (κ3) is 3.68. The van der Waals surface area contributed by atoms with Gasteiger partial charge in [0.25, 0.3) is 0 Å². The summed E-state index contributed by atoms with van der Waals surface area (Å²) in [6.07, 6.45) is 2.24. The van der Waals surface area contributed by atoms with Crippen molar-refractivity contribution < 1.29 is 0 Å². The van der Waals surface area contributed by atoms with E-state index in [0.29, 0.717) is 9.50 Å². The molecule has 178 valence electrons. The first kappa shape index (κ1) is 27.0. The first-order valence-electron chi connectivity index (χ1n) is 13.0. The SMILES string of the molecule is CCC1=C(C)c2c(C)c3c(c(C)c2[CH]1[Ge]([Cl])([CH2]C)[CH2]C)C(C)=C(CC)[CH]3[Ge]([Cl])([CH2]C)[CH2]C. The van der Waals surface area contributed by atoms with Crippen molar-refractivity contribution in [2.45, 2.75) is 113 Å². The van der Waals surface area contributed by atoms with Crippen molar-refractivity contribution in [2.75, 3.05) is 0 Å². The van der Waals surface area contributed by atoms with Crippen molar-refractivity contribution in [1.82, 2.24) is 0 Å². The molecule has 2 aliphatic carbocycles. The first-order valence-corrected chi connectivity index (χ1v) is 26.8. The van der Waals surface area contributed by atoms with Gasteiger partial charge < -0.3 is 0 Å². The molecule has 0 bridgehead atoms. The van der Waals surface area contributed by atoms with Crippen LogP contribution in [-0.4, -0.2) is 24.7 Å². The second-order valence-electron chi connectivity index (χ2n) is 10.2. The van der Waals surface area contributed by atoms with Gasteiger partial charge >= 0.3 is 213 Å². The molecule has 4 heteroatoms. The van der Waals surface area contributed by atoms with Crippen molar-refractivity contribution in [3.63, 3.8) is 0 Å². The van der Waals surface area contributed by atoms with Crippen LogP contribution in [0, 0.1) is 13.8 Å². The van der Waals surface area contributed by atoms with E-state index in [9.17, 15) is 0 Å². The number of hydrogen-bond donors (Lipinski definition) is 0. The van der Waals surface area contributed by atoms with Gasteiger partial charge in [-0.1, -0.05) is 0 Å². The number of benzene rings is 1. The summed E-state index contributed by atoms with van der Waals surface area (Å²) < 4.78 is 1.01. The van der Waals surface area contributed by atoms with Crippen LogP contribution in [0.3, 0.4) is 0 Å². The molecule has 0 aromatic heterocycles. The summed E-state index contributed by atoms with van der Waals surface area (Å²) in [6.45, 7) is 23.7. The first-order chi connectivity index (χ1) is 15.0. The molecule has 2 unspecified atom stereocenters. The van der Waals surface area contributed by atoms with Crippen LogP contribution in [0.15, 0.2) is 11.1 Å². The molecular formula is C28H44Cl2Ge2. The Labute approximate surface area is 211 Å². The number of hydrogen-bond acceptors (Lipinski definition) is 0. The fraction of sp³-hybridized carbons (Fsp3) is 0.643. The zero-order valence-corrected chi connectivity index (χ0v) is 27.9. The van der Waals surface area contributed by atoms with E-state index in [0.717, 1.165) is 12.8 Å². The van der Waals surface area contributed by atoms with Crippen LogP contribution >= 0.6 is 20.0 Å². The molecule has 1 aromatic rings. The molecule has 2 aliphatic rings. The van der Waals surface area contributed by atoms with Crippen LogP contribution < -0.4 is 0 Å². The molecule has 0 N–H and O–H groups in total. The summed E-state index contributed by atoms with van der Waals surface area (Å²) in [7, 11) is 15.2. The molecule has 0 amide bonds.